The Morgan fingerprint density at radius 2 is 2.10 bits per heavy atom. The Kier molecular flexibility index (Phi) is 6.16. The van der Waals surface area contributed by atoms with Gasteiger partial charge in [-0.15, -0.1) is 0 Å². The maximum atomic E-state index is 8.70. The quantitative estimate of drug-likeness (QED) is 0.551. The second-order valence-corrected chi connectivity index (χ2v) is 5.21. The molecular weight excluding hydrogens is 292 g/mol. The number of hydrogen-bond acceptors (Lipinski definition) is 9. The highest BCUT2D eigenvalue weighted by Crippen LogP contribution is 2.08. The van der Waals surface area contributed by atoms with E-state index in [1.54, 1.807) is 18.8 Å². The zero-order valence-corrected chi connectivity index (χ0v) is 12.5. The van der Waals surface area contributed by atoms with Gasteiger partial charge in [0.15, 0.2) is 0 Å². The van der Waals surface area contributed by atoms with E-state index in [2.05, 4.69) is 35.7 Å². The van der Waals surface area contributed by atoms with E-state index < -0.39 is 0 Å². The minimum atomic E-state index is 0.237. The number of aliphatic hydroxyl groups is 1. The molecule has 2 aromatic heterocycles. The molecule has 0 aliphatic carbocycles. The largest absolute Gasteiger partial charge is 0.396 e. The van der Waals surface area contributed by atoms with Crippen molar-refractivity contribution in [1.29, 1.82) is 0 Å². The molecule has 0 unspecified atom stereocenters. The Hall–Kier alpha value is -1.94. The van der Waals surface area contributed by atoms with Gasteiger partial charge < -0.3 is 15.7 Å². The standard InChI is InChI=1S/C11H18N8OS/c1-12-9-16-10(14-3-6-21-5-2-4-20)18-11(17-9)19-8-13-7-15-19/h7-8,20H,2-6H2,1H3,(H2,12,14,16,17,18). The predicted octanol–water partition coefficient (Wildman–Crippen LogP) is 0.0215. The molecular formula is C11H18N8OS. The van der Waals surface area contributed by atoms with Gasteiger partial charge in [0, 0.05) is 26.0 Å². The van der Waals surface area contributed by atoms with Crippen molar-refractivity contribution in [3.63, 3.8) is 0 Å². The van der Waals surface area contributed by atoms with Crippen molar-refractivity contribution in [2.24, 2.45) is 0 Å². The normalized spacial score (nSPS) is 10.6. The van der Waals surface area contributed by atoms with Crippen molar-refractivity contribution >= 4 is 23.7 Å². The van der Waals surface area contributed by atoms with Crippen LogP contribution in [0.2, 0.25) is 0 Å². The third-order valence-electron chi connectivity index (χ3n) is 2.45. The third kappa shape index (κ3) is 4.83. The number of rotatable bonds is 9. The number of nitrogens with one attached hydrogen (secondary N) is 2. The Morgan fingerprint density at radius 1 is 1.24 bits per heavy atom. The molecule has 0 atom stereocenters. The molecule has 0 spiro atoms. The molecule has 0 aliphatic heterocycles. The molecule has 2 rings (SSSR count). The Bertz CT molecular complexity index is 535. The fourth-order valence-corrected chi connectivity index (χ4v) is 2.26. The molecule has 0 aromatic carbocycles. The van der Waals surface area contributed by atoms with Crippen LogP contribution in [0.25, 0.3) is 5.95 Å². The minimum Gasteiger partial charge on any atom is -0.396 e. The zero-order valence-electron chi connectivity index (χ0n) is 11.7. The van der Waals surface area contributed by atoms with Crippen LogP contribution in [0, 0.1) is 0 Å². The fraction of sp³-hybridized carbons (Fsp3) is 0.545. The summed E-state index contributed by atoms with van der Waals surface area (Å²) in [5, 5.41) is 18.7. The summed E-state index contributed by atoms with van der Waals surface area (Å²) in [7, 11) is 1.75. The average molecular weight is 310 g/mol. The smallest absolute Gasteiger partial charge is 0.258 e. The number of anilines is 2. The van der Waals surface area contributed by atoms with Crippen molar-refractivity contribution < 1.29 is 5.11 Å². The van der Waals surface area contributed by atoms with Gasteiger partial charge in [-0.25, -0.2) is 4.98 Å². The van der Waals surface area contributed by atoms with Gasteiger partial charge in [0.2, 0.25) is 11.9 Å². The summed E-state index contributed by atoms with van der Waals surface area (Å²) in [4.78, 5) is 16.6. The topological polar surface area (TPSA) is 114 Å². The molecule has 0 bridgehead atoms. The summed E-state index contributed by atoms with van der Waals surface area (Å²) in [6.07, 6.45) is 3.77. The van der Waals surface area contributed by atoms with Gasteiger partial charge in [-0.2, -0.15) is 36.5 Å². The van der Waals surface area contributed by atoms with Crippen LogP contribution >= 0.6 is 11.8 Å². The molecule has 10 heteroatoms. The SMILES string of the molecule is CNc1nc(NCCSCCCO)nc(-n2cncn2)n1. The Balaban J connectivity index is 1.94. The van der Waals surface area contributed by atoms with E-state index in [9.17, 15) is 0 Å². The van der Waals surface area contributed by atoms with E-state index in [-0.39, 0.29) is 6.61 Å². The third-order valence-corrected chi connectivity index (χ3v) is 3.52. The van der Waals surface area contributed by atoms with Crippen LogP contribution in [0.4, 0.5) is 11.9 Å². The summed E-state index contributed by atoms with van der Waals surface area (Å²) in [5.41, 5.74) is 0. The lowest BCUT2D eigenvalue weighted by molar-refractivity contribution is 0.296. The Morgan fingerprint density at radius 3 is 2.81 bits per heavy atom. The van der Waals surface area contributed by atoms with Crippen LogP contribution < -0.4 is 10.6 Å². The summed E-state index contributed by atoms with van der Waals surface area (Å²) in [6.45, 7) is 0.973. The van der Waals surface area contributed by atoms with Crippen LogP contribution in [0.5, 0.6) is 0 Å². The van der Waals surface area contributed by atoms with E-state index in [1.807, 2.05) is 0 Å². The van der Waals surface area contributed by atoms with Crippen molar-refractivity contribution in [3.05, 3.63) is 12.7 Å². The summed E-state index contributed by atoms with van der Waals surface area (Å²) in [6, 6.07) is 0. The second kappa shape index (κ2) is 8.37. The van der Waals surface area contributed by atoms with Gasteiger partial charge in [0.25, 0.3) is 5.95 Å². The minimum absolute atomic E-state index is 0.237. The molecule has 0 amide bonds. The summed E-state index contributed by atoms with van der Waals surface area (Å²) in [5.74, 6) is 3.22. The lowest BCUT2D eigenvalue weighted by Gasteiger charge is -2.08. The van der Waals surface area contributed by atoms with Crippen molar-refractivity contribution in [2.75, 3.05) is 42.3 Å². The first-order valence-corrected chi connectivity index (χ1v) is 7.70. The molecule has 2 aromatic rings. The maximum absolute atomic E-state index is 8.70. The van der Waals surface area contributed by atoms with Crippen LogP contribution in [-0.2, 0) is 0 Å². The molecule has 9 nitrogen and oxygen atoms in total. The fourth-order valence-electron chi connectivity index (χ4n) is 1.47. The number of hydrogen-bond donors (Lipinski definition) is 3. The monoisotopic (exact) mass is 310 g/mol. The average Bonchev–Trinajstić information content (AvgIpc) is 3.05. The summed E-state index contributed by atoms with van der Waals surface area (Å²) < 4.78 is 1.48. The van der Waals surface area contributed by atoms with Crippen LogP contribution in [0.15, 0.2) is 12.7 Å². The van der Waals surface area contributed by atoms with Gasteiger partial charge in [-0.1, -0.05) is 0 Å². The predicted molar refractivity (Wildman–Crippen MR) is 81.8 cm³/mol. The molecule has 3 N–H and O–H groups in total. The highest BCUT2D eigenvalue weighted by molar-refractivity contribution is 7.99. The molecule has 0 aliphatic rings. The second-order valence-electron chi connectivity index (χ2n) is 3.99. The lowest BCUT2D eigenvalue weighted by Crippen LogP contribution is -2.13. The van der Waals surface area contributed by atoms with Crippen molar-refractivity contribution in [1.82, 2.24) is 29.7 Å². The van der Waals surface area contributed by atoms with Gasteiger partial charge >= 0.3 is 0 Å². The van der Waals surface area contributed by atoms with E-state index in [0.717, 1.165) is 24.5 Å². The van der Waals surface area contributed by atoms with Crippen LogP contribution in [-0.4, -0.2) is 66.5 Å². The molecule has 0 fully saturated rings. The van der Waals surface area contributed by atoms with Crippen LogP contribution in [0.1, 0.15) is 6.42 Å². The van der Waals surface area contributed by atoms with Gasteiger partial charge in [0.05, 0.1) is 0 Å². The van der Waals surface area contributed by atoms with E-state index in [1.165, 1.54) is 17.3 Å². The molecule has 21 heavy (non-hydrogen) atoms. The van der Waals surface area contributed by atoms with E-state index in [4.69, 9.17) is 5.11 Å². The van der Waals surface area contributed by atoms with Gasteiger partial charge in [-0.3, -0.25) is 0 Å². The molecule has 0 saturated heterocycles. The number of aromatic nitrogens is 6. The van der Waals surface area contributed by atoms with Crippen molar-refractivity contribution in [2.45, 2.75) is 6.42 Å². The van der Waals surface area contributed by atoms with Gasteiger partial charge in [-0.05, 0) is 12.2 Å². The molecule has 2 heterocycles. The van der Waals surface area contributed by atoms with Crippen molar-refractivity contribution in [3.8, 4) is 5.95 Å². The lowest BCUT2D eigenvalue weighted by atomic mass is 10.5. The molecule has 114 valence electrons. The maximum Gasteiger partial charge on any atom is 0.258 e. The highest BCUT2D eigenvalue weighted by atomic mass is 32.2. The number of aliphatic hydroxyl groups excluding tert-OH is 1. The zero-order chi connectivity index (χ0) is 14.9. The van der Waals surface area contributed by atoms with Gasteiger partial charge in [0.1, 0.15) is 12.7 Å². The first kappa shape index (κ1) is 15.4. The Labute approximate surface area is 126 Å². The first-order chi connectivity index (χ1) is 10.3. The number of nitrogens with zero attached hydrogens (tertiary/aromatic N) is 6. The molecule has 0 saturated carbocycles. The number of thioether (sulfide) groups is 1. The molecule has 0 radical (unpaired) electrons. The first-order valence-electron chi connectivity index (χ1n) is 6.55. The van der Waals surface area contributed by atoms with Crippen LogP contribution in [0.3, 0.4) is 0 Å². The van der Waals surface area contributed by atoms with E-state index >= 15 is 0 Å². The summed E-state index contributed by atoms with van der Waals surface area (Å²) >= 11 is 1.77. The highest BCUT2D eigenvalue weighted by Gasteiger charge is 2.07. The van der Waals surface area contributed by atoms with E-state index in [0.29, 0.717) is 17.8 Å².